The van der Waals surface area contributed by atoms with E-state index in [9.17, 15) is 9.90 Å². The Bertz CT molecular complexity index is 1000. The van der Waals surface area contributed by atoms with Crippen LogP contribution in [-0.4, -0.2) is 48.0 Å². The maximum Gasteiger partial charge on any atom is 0.265 e. The number of pyridine rings is 1. The minimum atomic E-state index is -0.243. The largest absolute Gasteiger partial charge is 0.494 e. The minimum Gasteiger partial charge on any atom is -0.494 e. The summed E-state index contributed by atoms with van der Waals surface area (Å²) in [5, 5.41) is 12.1. The fraction of sp³-hybridized carbons (Fsp3) is 0.238. The molecule has 3 aromatic rings. The topological polar surface area (TPSA) is 57.8 Å². The highest BCUT2D eigenvalue weighted by Gasteiger charge is 2.15. The zero-order valence-electron chi connectivity index (χ0n) is 15.3. The Labute approximate surface area is 152 Å². The van der Waals surface area contributed by atoms with Crippen LogP contribution in [0.4, 0.5) is 0 Å². The van der Waals surface area contributed by atoms with E-state index in [4.69, 9.17) is 0 Å². The smallest absolute Gasteiger partial charge is 0.265 e. The number of benzene rings is 2. The summed E-state index contributed by atoms with van der Waals surface area (Å²) in [6.45, 7) is 3.41. The van der Waals surface area contributed by atoms with Gasteiger partial charge in [-0.1, -0.05) is 35.9 Å². The van der Waals surface area contributed by atoms with Crippen LogP contribution in [0, 0.1) is 6.92 Å². The van der Waals surface area contributed by atoms with Gasteiger partial charge in [-0.3, -0.25) is 9.79 Å². The summed E-state index contributed by atoms with van der Waals surface area (Å²) in [6, 6.07) is 14.8. The molecule has 0 amide bonds. The zero-order valence-corrected chi connectivity index (χ0v) is 15.3. The molecule has 0 saturated heterocycles. The Kier molecular flexibility index (Phi) is 5.19. The molecule has 0 atom stereocenters. The molecule has 1 aromatic heterocycles. The fourth-order valence-electron chi connectivity index (χ4n) is 2.84. The molecule has 134 valence electrons. The Morgan fingerprint density at radius 1 is 1.08 bits per heavy atom. The maximum atomic E-state index is 13.0. The second-order valence-corrected chi connectivity index (χ2v) is 6.60. The van der Waals surface area contributed by atoms with Gasteiger partial charge in [-0.2, -0.15) is 0 Å². The number of hydrogen-bond donors (Lipinski definition) is 1. The molecule has 0 spiro atoms. The molecule has 5 nitrogen and oxygen atoms in total. The number of likely N-dealkylation sites (N-methyl/N-ethyl adjacent to an activating group) is 1. The van der Waals surface area contributed by atoms with E-state index in [0.717, 1.165) is 12.1 Å². The van der Waals surface area contributed by atoms with Crippen molar-refractivity contribution in [3.8, 4) is 11.6 Å². The molecule has 2 aromatic carbocycles. The molecule has 1 N–H and O–H groups in total. The van der Waals surface area contributed by atoms with Crippen LogP contribution in [0.25, 0.3) is 16.5 Å². The number of nitrogens with zero attached hydrogens (tertiary/aromatic N) is 3. The molecular weight excluding hydrogens is 326 g/mol. The molecule has 0 aliphatic heterocycles. The Morgan fingerprint density at radius 2 is 1.73 bits per heavy atom. The summed E-state index contributed by atoms with van der Waals surface area (Å²) in [5.41, 5.74) is 2.03. The van der Waals surface area contributed by atoms with E-state index in [-0.39, 0.29) is 11.4 Å². The Morgan fingerprint density at radius 3 is 2.38 bits per heavy atom. The molecule has 5 heteroatoms. The van der Waals surface area contributed by atoms with Crippen molar-refractivity contribution in [3.05, 3.63) is 70.0 Å². The Hall–Kier alpha value is -2.92. The summed E-state index contributed by atoms with van der Waals surface area (Å²) in [5.74, 6) is -0.0915. The summed E-state index contributed by atoms with van der Waals surface area (Å²) >= 11 is 0. The van der Waals surface area contributed by atoms with E-state index in [1.54, 1.807) is 12.3 Å². The van der Waals surface area contributed by atoms with Crippen molar-refractivity contribution in [2.45, 2.75) is 6.92 Å². The molecule has 0 aliphatic rings. The van der Waals surface area contributed by atoms with Gasteiger partial charge in [0.2, 0.25) is 5.88 Å². The van der Waals surface area contributed by atoms with Gasteiger partial charge in [0.15, 0.2) is 0 Å². The molecular formula is C21H23N3O2. The van der Waals surface area contributed by atoms with Crippen LogP contribution in [0.3, 0.4) is 0 Å². The number of aromatic hydroxyl groups is 1. The SMILES string of the molecule is Cc1ccc(-n2c(O)c(C=NCCN(C)C)c3ccccc3c2=O)cc1. The highest BCUT2D eigenvalue weighted by atomic mass is 16.3. The maximum absolute atomic E-state index is 13.0. The first-order valence-corrected chi connectivity index (χ1v) is 8.57. The molecule has 26 heavy (non-hydrogen) atoms. The van der Waals surface area contributed by atoms with E-state index < -0.39 is 0 Å². The first kappa shape index (κ1) is 17.9. The van der Waals surface area contributed by atoms with Crippen LogP contribution in [0.5, 0.6) is 5.88 Å². The second kappa shape index (κ2) is 7.54. The van der Waals surface area contributed by atoms with Gasteiger partial charge in [0.05, 0.1) is 17.8 Å². The standard InChI is InChI=1S/C21H23N3O2/c1-15-8-10-16(11-9-15)24-20(25)18-7-5-4-6-17(18)19(21(24)26)14-22-12-13-23(2)3/h4-11,14,26H,12-13H2,1-3H3. The predicted octanol–water partition coefficient (Wildman–Crippen LogP) is 2.99. The van der Waals surface area contributed by atoms with Crippen molar-refractivity contribution >= 4 is 17.0 Å². The number of hydrogen-bond acceptors (Lipinski definition) is 4. The van der Waals surface area contributed by atoms with Gasteiger partial charge in [-0.15, -0.1) is 0 Å². The lowest BCUT2D eigenvalue weighted by Gasteiger charge is -2.14. The first-order valence-electron chi connectivity index (χ1n) is 8.57. The molecule has 0 unspecified atom stereocenters. The van der Waals surface area contributed by atoms with Crippen LogP contribution in [0.15, 0.2) is 58.3 Å². The van der Waals surface area contributed by atoms with Crippen molar-refractivity contribution in [2.75, 3.05) is 27.2 Å². The van der Waals surface area contributed by atoms with Gasteiger partial charge < -0.3 is 10.0 Å². The summed E-state index contributed by atoms with van der Waals surface area (Å²) < 4.78 is 1.34. The number of aromatic nitrogens is 1. The molecule has 0 radical (unpaired) electrons. The number of aliphatic imine (C=N–C) groups is 1. The van der Waals surface area contributed by atoms with Gasteiger partial charge in [0.25, 0.3) is 5.56 Å². The number of fused-ring (bicyclic) bond motifs is 1. The summed E-state index contributed by atoms with van der Waals surface area (Å²) in [6.07, 6.45) is 1.66. The van der Waals surface area contributed by atoms with Crippen LogP contribution in [0.2, 0.25) is 0 Å². The van der Waals surface area contributed by atoms with Crippen molar-refractivity contribution in [2.24, 2.45) is 4.99 Å². The molecule has 0 aliphatic carbocycles. The molecule has 0 saturated carbocycles. The van der Waals surface area contributed by atoms with Crippen LogP contribution < -0.4 is 5.56 Å². The van der Waals surface area contributed by atoms with Gasteiger partial charge >= 0.3 is 0 Å². The third-order valence-electron chi connectivity index (χ3n) is 4.29. The number of rotatable bonds is 5. The quantitative estimate of drug-likeness (QED) is 0.721. The monoisotopic (exact) mass is 349 g/mol. The van der Waals surface area contributed by atoms with Crippen molar-refractivity contribution < 1.29 is 5.11 Å². The van der Waals surface area contributed by atoms with Gasteiger partial charge in [-0.25, -0.2) is 4.57 Å². The molecule has 0 bridgehead atoms. The first-order chi connectivity index (χ1) is 12.5. The van der Waals surface area contributed by atoms with Crippen LogP contribution >= 0.6 is 0 Å². The van der Waals surface area contributed by atoms with Gasteiger partial charge in [0.1, 0.15) is 0 Å². The average molecular weight is 349 g/mol. The van der Waals surface area contributed by atoms with Gasteiger partial charge in [-0.05, 0) is 39.2 Å². The van der Waals surface area contributed by atoms with E-state index in [0.29, 0.717) is 28.6 Å². The third kappa shape index (κ3) is 3.53. The van der Waals surface area contributed by atoms with Crippen LogP contribution in [-0.2, 0) is 0 Å². The van der Waals surface area contributed by atoms with E-state index in [1.807, 2.05) is 68.4 Å². The fourth-order valence-corrected chi connectivity index (χ4v) is 2.84. The molecule has 3 rings (SSSR count). The van der Waals surface area contributed by atoms with Crippen molar-refractivity contribution in [1.29, 1.82) is 0 Å². The predicted molar refractivity (Wildman–Crippen MR) is 107 cm³/mol. The summed E-state index contributed by atoms with van der Waals surface area (Å²) in [7, 11) is 3.97. The lowest BCUT2D eigenvalue weighted by molar-refractivity contribution is 0.420. The molecule has 0 fully saturated rings. The lowest BCUT2D eigenvalue weighted by atomic mass is 10.1. The zero-order chi connectivity index (χ0) is 18.7. The van der Waals surface area contributed by atoms with E-state index >= 15 is 0 Å². The average Bonchev–Trinajstić information content (AvgIpc) is 2.62. The minimum absolute atomic E-state index is 0.0915. The second-order valence-electron chi connectivity index (χ2n) is 6.60. The Balaban J connectivity index is 2.20. The van der Waals surface area contributed by atoms with Crippen molar-refractivity contribution in [1.82, 2.24) is 9.47 Å². The lowest BCUT2D eigenvalue weighted by Crippen LogP contribution is -2.20. The van der Waals surface area contributed by atoms with Crippen molar-refractivity contribution in [3.63, 3.8) is 0 Å². The summed E-state index contributed by atoms with van der Waals surface area (Å²) in [4.78, 5) is 19.4. The van der Waals surface area contributed by atoms with E-state index in [1.165, 1.54) is 4.57 Å². The van der Waals surface area contributed by atoms with E-state index in [2.05, 4.69) is 4.99 Å². The third-order valence-corrected chi connectivity index (χ3v) is 4.29. The number of aryl methyl sites for hydroxylation is 1. The normalized spacial score (nSPS) is 11.7. The van der Waals surface area contributed by atoms with Crippen LogP contribution in [0.1, 0.15) is 11.1 Å². The molecule has 1 heterocycles. The highest BCUT2D eigenvalue weighted by molar-refractivity contribution is 6.01. The highest BCUT2D eigenvalue weighted by Crippen LogP contribution is 2.25. The van der Waals surface area contributed by atoms with Gasteiger partial charge in [0, 0.05) is 23.5 Å².